The van der Waals surface area contributed by atoms with Gasteiger partial charge in [0, 0.05) is 59.9 Å². The Balaban J connectivity index is 1.07. The summed E-state index contributed by atoms with van der Waals surface area (Å²) >= 11 is 3.79. The molecule has 6 heterocycles. The van der Waals surface area contributed by atoms with Crippen molar-refractivity contribution < 1.29 is 0 Å². The highest BCUT2D eigenvalue weighted by molar-refractivity contribution is 7.30. The number of hydrogen-bond acceptors (Lipinski definition) is 3. The molecule has 0 aliphatic heterocycles. The van der Waals surface area contributed by atoms with Crippen molar-refractivity contribution in [2.45, 2.75) is 0 Å². The predicted octanol–water partition coefficient (Wildman–Crippen LogP) is 15.0. The maximum absolute atomic E-state index is 4.62. The van der Waals surface area contributed by atoms with Gasteiger partial charge < -0.3 is 13.7 Å². The Hall–Kier alpha value is -7.25. The van der Waals surface area contributed by atoms with Gasteiger partial charge in [-0.2, -0.15) is 0 Å². The number of pyridine rings is 1. The Kier molecular flexibility index (Phi) is 7.02. The van der Waals surface area contributed by atoms with Crippen molar-refractivity contribution in [3.8, 4) is 37.9 Å². The Bertz CT molecular complexity index is 3770. The molecule has 0 unspecified atom stereocenters. The van der Waals surface area contributed by atoms with E-state index in [1.54, 1.807) is 0 Å². The first-order chi connectivity index (χ1) is 29.2. The number of rotatable bonds is 5. The third-order valence-corrected chi connectivity index (χ3v) is 14.4. The van der Waals surface area contributed by atoms with Crippen LogP contribution < -0.4 is 0 Å². The molecule has 6 aromatic heterocycles. The average Bonchev–Trinajstić information content (AvgIpc) is 4.11. The first-order valence-electron chi connectivity index (χ1n) is 19.9. The van der Waals surface area contributed by atoms with E-state index in [2.05, 4.69) is 201 Å². The minimum atomic E-state index is 0.997. The van der Waals surface area contributed by atoms with Crippen LogP contribution >= 0.6 is 22.7 Å². The maximum atomic E-state index is 4.62. The fourth-order valence-corrected chi connectivity index (χ4v) is 11.7. The highest BCUT2D eigenvalue weighted by atomic mass is 32.1. The van der Waals surface area contributed by atoms with Gasteiger partial charge in [0.05, 0.1) is 48.0 Å². The molecule has 0 bridgehead atoms. The van der Waals surface area contributed by atoms with Crippen LogP contribution in [0.2, 0.25) is 0 Å². The number of para-hydroxylation sites is 3. The molecule has 13 rings (SSSR count). The highest BCUT2D eigenvalue weighted by Crippen LogP contribution is 2.48. The molecule has 6 heteroatoms. The van der Waals surface area contributed by atoms with Gasteiger partial charge in [-0.25, -0.2) is 0 Å². The zero-order valence-corrected chi connectivity index (χ0v) is 33.2. The lowest BCUT2D eigenvalue weighted by molar-refractivity contribution is 1.18. The van der Waals surface area contributed by atoms with Crippen molar-refractivity contribution in [3.05, 3.63) is 194 Å². The number of thiophene rings is 2. The molecule has 0 aliphatic carbocycles. The summed E-state index contributed by atoms with van der Waals surface area (Å²) < 4.78 is 9.98. The predicted molar refractivity (Wildman–Crippen MR) is 251 cm³/mol. The van der Waals surface area contributed by atoms with Crippen LogP contribution in [0.1, 0.15) is 0 Å². The molecule has 59 heavy (non-hydrogen) atoms. The molecule has 276 valence electrons. The monoisotopic (exact) mass is 788 g/mol. The lowest BCUT2D eigenvalue weighted by Crippen LogP contribution is -1.95. The van der Waals surface area contributed by atoms with E-state index in [1.807, 2.05) is 34.9 Å². The smallest absolute Gasteiger partial charge is 0.0711 e. The van der Waals surface area contributed by atoms with E-state index in [1.165, 1.54) is 90.6 Å². The molecular formula is C53H32N4S2. The first kappa shape index (κ1) is 32.8. The van der Waals surface area contributed by atoms with Crippen molar-refractivity contribution in [1.29, 1.82) is 0 Å². The van der Waals surface area contributed by atoms with Crippen LogP contribution in [0.4, 0.5) is 0 Å². The molecule has 4 nitrogen and oxygen atoms in total. The Morgan fingerprint density at radius 3 is 1.61 bits per heavy atom. The second kappa shape index (κ2) is 12.6. The topological polar surface area (TPSA) is 27.7 Å². The summed E-state index contributed by atoms with van der Waals surface area (Å²) in [6.07, 6.45) is 1.86. The van der Waals surface area contributed by atoms with Crippen LogP contribution in [0, 0.1) is 0 Å². The minimum Gasteiger partial charge on any atom is -0.309 e. The van der Waals surface area contributed by atoms with E-state index in [0.717, 1.165) is 22.3 Å². The molecule has 0 saturated carbocycles. The average molecular weight is 789 g/mol. The molecule has 0 saturated heterocycles. The Morgan fingerprint density at radius 1 is 0.339 bits per heavy atom. The molecule has 13 aromatic rings. The summed E-state index contributed by atoms with van der Waals surface area (Å²) in [6.45, 7) is 0. The largest absolute Gasteiger partial charge is 0.309 e. The Labute approximate surface area is 346 Å². The molecule has 0 spiro atoms. The SMILES string of the molecule is c1ccc(-c2cc3c(s2)c2sc(-c4ccc5c(c4)c4cc6c(cc4n5-c4ccccc4)c4ccccc4n6-c4ccc5ncccc5c4)cc2n3-c2ccccc2)cc1. The quantitative estimate of drug-likeness (QED) is 0.171. The van der Waals surface area contributed by atoms with Gasteiger partial charge >= 0.3 is 0 Å². The van der Waals surface area contributed by atoms with Gasteiger partial charge in [-0.1, -0.05) is 97.1 Å². The Morgan fingerprint density at radius 2 is 0.898 bits per heavy atom. The second-order valence-corrected chi connectivity index (χ2v) is 17.3. The van der Waals surface area contributed by atoms with E-state index in [0.29, 0.717) is 0 Å². The normalized spacial score (nSPS) is 12.1. The molecule has 0 fully saturated rings. The summed E-state index contributed by atoms with van der Waals surface area (Å²) in [7, 11) is 0. The lowest BCUT2D eigenvalue weighted by Gasteiger charge is -2.10. The third-order valence-electron chi connectivity index (χ3n) is 11.9. The minimum absolute atomic E-state index is 0.997. The van der Waals surface area contributed by atoms with Crippen LogP contribution in [-0.2, 0) is 0 Å². The molecule has 0 aliphatic rings. The summed E-state index contributed by atoms with van der Waals surface area (Å²) in [5, 5.41) is 6.06. The van der Waals surface area contributed by atoms with Gasteiger partial charge in [0.15, 0.2) is 0 Å². The van der Waals surface area contributed by atoms with E-state index in [4.69, 9.17) is 0 Å². The van der Waals surface area contributed by atoms with Gasteiger partial charge in [0.2, 0.25) is 0 Å². The molecule has 0 N–H and O–H groups in total. The number of nitrogens with zero attached hydrogens (tertiary/aromatic N) is 4. The fraction of sp³-hybridized carbons (Fsp3) is 0. The van der Waals surface area contributed by atoms with Gasteiger partial charge in [-0.15, -0.1) is 22.7 Å². The standard InChI is InChI=1S/C53H32N4S2/c1-4-13-33(14-5-1)50-31-48-52(58-50)53-49(56(48)37-18-8-3-9-19-37)32-51(59-53)35-22-25-45-40(28-35)42-30-46-41(29-47(42)55(45)36-16-6-2-7-17-36)39-20-10-11-21-44(39)57(46)38-23-24-43-34(27-38)15-12-26-54-43/h1-32H. The number of fused-ring (bicyclic) bond motifs is 10. The van der Waals surface area contributed by atoms with Crippen LogP contribution in [0.15, 0.2) is 194 Å². The van der Waals surface area contributed by atoms with Crippen molar-refractivity contribution in [3.63, 3.8) is 0 Å². The number of benzene rings is 7. The van der Waals surface area contributed by atoms with Gasteiger partial charge in [-0.05, 0) is 102 Å². The van der Waals surface area contributed by atoms with Crippen LogP contribution in [0.5, 0.6) is 0 Å². The first-order valence-corrected chi connectivity index (χ1v) is 21.5. The summed E-state index contributed by atoms with van der Waals surface area (Å²) in [5.41, 5.74) is 14.2. The number of aromatic nitrogens is 4. The molecular weight excluding hydrogens is 757 g/mol. The lowest BCUT2D eigenvalue weighted by atomic mass is 10.1. The van der Waals surface area contributed by atoms with Gasteiger partial charge in [0.25, 0.3) is 0 Å². The van der Waals surface area contributed by atoms with Crippen LogP contribution in [0.3, 0.4) is 0 Å². The van der Waals surface area contributed by atoms with Crippen LogP contribution in [-0.4, -0.2) is 18.7 Å². The molecule has 0 radical (unpaired) electrons. The van der Waals surface area contributed by atoms with Crippen molar-refractivity contribution >= 4 is 97.6 Å². The van der Waals surface area contributed by atoms with Crippen molar-refractivity contribution in [2.75, 3.05) is 0 Å². The summed E-state index contributed by atoms with van der Waals surface area (Å²) in [6, 6.07) is 68.6. The van der Waals surface area contributed by atoms with Crippen LogP contribution in [0.25, 0.3) is 113 Å². The van der Waals surface area contributed by atoms with Crippen molar-refractivity contribution in [1.82, 2.24) is 18.7 Å². The van der Waals surface area contributed by atoms with E-state index in [-0.39, 0.29) is 0 Å². The fourth-order valence-electron chi connectivity index (χ4n) is 9.26. The van der Waals surface area contributed by atoms with Crippen molar-refractivity contribution in [2.24, 2.45) is 0 Å². The number of hydrogen-bond donors (Lipinski definition) is 0. The molecule has 0 atom stereocenters. The zero-order valence-electron chi connectivity index (χ0n) is 31.6. The maximum Gasteiger partial charge on any atom is 0.0711 e. The molecule has 7 aromatic carbocycles. The molecule has 0 amide bonds. The van der Waals surface area contributed by atoms with E-state index in [9.17, 15) is 0 Å². The third kappa shape index (κ3) is 4.91. The van der Waals surface area contributed by atoms with Gasteiger partial charge in [-0.3, -0.25) is 4.98 Å². The second-order valence-electron chi connectivity index (χ2n) is 15.2. The van der Waals surface area contributed by atoms with E-state index >= 15 is 0 Å². The zero-order chi connectivity index (χ0) is 38.6. The van der Waals surface area contributed by atoms with E-state index < -0.39 is 0 Å². The highest BCUT2D eigenvalue weighted by Gasteiger charge is 2.22. The summed E-state index contributed by atoms with van der Waals surface area (Å²) in [5.74, 6) is 0. The summed E-state index contributed by atoms with van der Waals surface area (Å²) in [4.78, 5) is 7.17. The van der Waals surface area contributed by atoms with Gasteiger partial charge in [0.1, 0.15) is 0 Å².